The minimum Gasteiger partial charge on any atom is -0.406 e. The monoisotopic (exact) mass is 714 g/mol. The number of ether oxygens (including phenoxy) is 1. The molecule has 0 saturated carbocycles. The van der Waals surface area contributed by atoms with Gasteiger partial charge in [-0.05, 0) is 84.3 Å². The van der Waals surface area contributed by atoms with Crippen LogP contribution in [0.4, 0.5) is 18.9 Å². The molecule has 0 spiro atoms. The highest BCUT2D eigenvalue weighted by Gasteiger charge is 2.31. The van der Waals surface area contributed by atoms with Crippen molar-refractivity contribution in [1.29, 1.82) is 0 Å². The van der Waals surface area contributed by atoms with Gasteiger partial charge >= 0.3 is 6.36 Å². The smallest absolute Gasteiger partial charge is 0.406 e. The van der Waals surface area contributed by atoms with Gasteiger partial charge in [-0.3, -0.25) is 4.79 Å². The van der Waals surface area contributed by atoms with Crippen LogP contribution in [0.3, 0.4) is 0 Å². The Balaban J connectivity index is 1.51. The summed E-state index contributed by atoms with van der Waals surface area (Å²) < 4.78 is 44.3. The van der Waals surface area contributed by atoms with Gasteiger partial charge in [-0.1, -0.05) is 47.5 Å². The number of anilines is 1. The van der Waals surface area contributed by atoms with Crippen LogP contribution in [0, 0.1) is 0 Å². The van der Waals surface area contributed by atoms with Gasteiger partial charge in [-0.15, -0.1) is 13.2 Å². The number of aliphatic hydroxyl groups is 2. The number of nitrogens with zero attached hydrogens (tertiary/aromatic N) is 3. The third kappa shape index (κ3) is 9.52. The van der Waals surface area contributed by atoms with Crippen molar-refractivity contribution in [3.63, 3.8) is 0 Å². The van der Waals surface area contributed by atoms with Gasteiger partial charge in [0.25, 0.3) is 0 Å². The number of alkyl halides is 3. The number of nitrogens with one attached hydrogen (secondary N) is 1. The molecule has 49 heavy (non-hydrogen) atoms. The van der Waals surface area contributed by atoms with Crippen LogP contribution in [0.25, 0.3) is 22.4 Å². The normalized spacial score (nSPS) is 12.3. The molecular formula is C36H35Cl2F3N4O4. The zero-order chi connectivity index (χ0) is 35.1. The van der Waals surface area contributed by atoms with E-state index >= 15 is 0 Å². The van der Waals surface area contributed by atoms with Crippen LogP contribution >= 0.6 is 23.2 Å². The second kappa shape index (κ2) is 16.1. The number of ketones is 1. The molecule has 1 aromatic heterocycles. The maximum absolute atomic E-state index is 12.8. The summed E-state index contributed by atoms with van der Waals surface area (Å²) in [6, 6.07) is 24.1. The van der Waals surface area contributed by atoms with Crippen molar-refractivity contribution >= 4 is 45.7 Å². The number of aromatic nitrogens is 2. The minimum absolute atomic E-state index is 0.00688. The topological polar surface area (TPSA) is 99.9 Å². The number of carbonyl (C=O) groups excluding carboxylic acids is 1. The number of imidazole rings is 1. The fourth-order valence-corrected chi connectivity index (χ4v) is 5.96. The lowest BCUT2D eigenvalue weighted by atomic mass is 10.0. The molecule has 0 radical (unpaired) electrons. The van der Waals surface area contributed by atoms with Gasteiger partial charge in [-0.2, -0.15) is 0 Å². The van der Waals surface area contributed by atoms with Gasteiger partial charge in [0.05, 0.1) is 34.3 Å². The Labute approximate surface area is 291 Å². The summed E-state index contributed by atoms with van der Waals surface area (Å²) in [5.74, 6) is 0.317. The van der Waals surface area contributed by atoms with E-state index in [1.165, 1.54) is 19.1 Å². The summed E-state index contributed by atoms with van der Waals surface area (Å²) in [4.78, 5) is 19.2. The molecule has 1 unspecified atom stereocenters. The molecule has 0 amide bonds. The van der Waals surface area contributed by atoms with Crippen molar-refractivity contribution < 1.29 is 32.9 Å². The van der Waals surface area contributed by atoms with E-state index in [9.17, 15) is 28.2 Å². The lowest BCUT2D eigenvalue weighted by Gasteiger charge is -2.23. The third-order valence-corrected chi connectivity index (χ3v) is 8.67. The first kappa shape index (κ1) is 36.2. The zero-order valence-electron chi connectivity index (χ0n) is 26.6. The molecule has 5 rings (SSSR count). The van der Waals surface area contributed by atoms with E-state index in [1.54, 1.807) is 24.3 Å². The molecule has 0 bridgehead atoms. The number of aliphatic hydroxyl groups excluding tert-OH is 2. The van der Waals surface area contributed by atoms with Gasteiger partial charge in [0.15, 0.2) is 0 Å². The maximum atomic E-state index is 12.8. The maximum Gasteiger partial charge on any atom is 0.573 e. The Morgan fingerprint density at radius 3 is 2.20 bits per heavy atom. The molecule has 0 aliphatic heterocycles. The number of fused-ring (bicyclic) bond motifs is 1. The van der Waals surface area contributed by atoms with Crippen molar-refractivity contribution in [2.24, 2.45) is 0 Å². The van der Waals surface area contributed by atoms with Crippen LogP contribution in [0.5, 0.6) is 5.75 Å². The van der Waals surface area contributed by atoms with Gasteiger partial charge in [-0.25, -0.2) is 4.98 Å². The number of benzene rings is 4. The summed E-state index contributed by atoms with van der Waals surface area (Å²) >= 11 is 12.3. The standard InChI is InChI=1S/C36H35Cl2F3N4O4/c1-23(48)18-32(42-21-25-4-12-30(37)31(38)19-25)27-7-13-34-33(20-27)43-35(26-5-8-28(9-6-26)44(14-16-46)15-17-47)45(34)22-24-2-10-29(11-3-24)49-36(39,40)41/h2-13,19-20,32,42,46-47H,14-18,21-22H2,1H3. The van der Waals surface area contributed by atoms with E-state index in [-0.39, 0.29) is 37.2 Å². The molecular weight excluding hydrogens is 680 g/mol. The Morgan fingerprint density at radius 1 is 0.918 bits per heavy atom. The molecule has 5 aromatic rings. The molecule has 1 atom stereocenters. The Morgan fingerprint density at radius 2 is 1.59 bits per heavy atom. The SMILES string of the molecule is CC(=O)CC(NCc1ccc(Cl)c(Cl)c1)c1ccc2c(c1)nc(-c1ccc(N(CCO)CCO)cc1)n2Cc1ccc(OC(F)(F)F)cc1. The number of rotatable bonds is 15. The molecule has 0 saturated heterocycles. The van der Waals surface area contributed by atoms with E-state index in [1.807, 2.05) is 58.0 Å². The van der Waals surface area contributed by atoms with E-state index in [4.69, 9.17) is 28.2 Å². The van der Waals surface area contributed by atoms with Crippen molar-refractivity contribution in [3.05, 3.63) is 112 Å². The largest absolute Gasteiger partial charge is 0.573 e. The van der Waals surface area contributed by atoms with Crippen molar-refractivity contribution in [1.82, 2.24) is 14.9 Å². The van der Waals surface area contributed by atoms with Crippen molar-refractivity contribution in [3.8, 4) is 17.1 Å². The Bertz CT molecular complexity index is 1880. The summed E-state index contributed by atoms with van der Waals surface area (Å²) in [7, 11) is 0. The highest BCUT2D eigenvalue weighted by molar-refractivity contribution is 6.42. The predicted octanol–water partition coefficient (Wildman–Crippen LogP) is 7.56. The van der Waals surface area contributed by atoms with Crippen molar-refractivity contribution in [2.45, 2.75) is 38.8 Å². The number of hydrogen-bond acceptors (Lipinski definition) is 7. The third-order valence-electron chi connectivity index (χ3n) is 7.93. The number of carbonyl (C=O) groups is 1. The Kier molecular flexibility index (Phi) is 11.8. The zero-order valence-corrected chi connectivity index (χ0v) is 28.1. The molecule has 3 N–H and O–H groups in total. The molecule has 258 valence electrons. The summed E-state index contributed by atoms with van der Waals surface area (Å²) in [5, 5.41) is 23.3. The average Bonchev–Trinajstić information content (AvgIpc) is 3.42. The van der Waals surface area contributed by atoms with Gasteiger partial charge in [0.1, 0.15) is 17.4 Å². The Hall–Kier alpha value is -4.13. The van der Waals surface area contributed by atoms with Crippen molar-refractivity contribution in [2.75, 3.05) is 31.2 Å². The van der Waals surface area contributed by atoms with Crippen LogP contribution < -0.4 is 15.0 Å². The van der Waals surface area contributed by atoms with E-state index < -0.39 is 6.36 Å². The van der Waals surface area contributed by atoms with Gasteiger partial charge < -0.3 is 29.7 Å². The molecule has 1 heterocycles. The quantitative estimate of drug-likeness (QED) is 0.103. The molecule has 8 nitrogen and oxygen atoms in total. The fraction of sp³-hybridized carbons (Fsp3) is 0.278. The van der Waals surface area contributed by atoms with Gasteiger partial charge in [0.2, 0.25) is 0 Å². The minimum atomic E-state index is -4.79. The predicted molar refractivity (Wildman–Crippen MR) is 185 cm³/mol. The van der Waals surface area contributed by atoms with Crippen LogP contribution in [0.2, 0.25) is 10.0 Å². The number of Topliss-reactive ketones (excluding diaryl/α,β-unsaturated/α-hetero) is 1. The highest BCUT2D eigenvalue weighted by atomic mass is 35.5. The second-order valence-electron chi connectivity index (χ2n) is 11.5. The van der Waals surface area contributed by atoms with Crippen LogP contribution in [0.1, 0.15) is 36.1 Å². The number of hydrogen-bond donors (Lipinski definition) is 3. The molecule has 4 aromatic carbocycles. The van der Waals surface area contributed by atoms with E-state index in [0.717, 1.165) is 33.5 Å². The van der Waals surface area contributed by atoms with Crippen LogP contribution in [-0.4, -0.2) is 58.2 Å². The first-order chi connectivity index (χ1) is 23.4. The van der Waals surface area contributed by atoms with Gasteiger partial charge in [0, 0.05) is 49.9 Å². The molecule has 0 aliphatic rings. The average molecular weight is 716 g/mol. The van der Waals surface area contributed by atoms with Crippen LogP contribution in [0.15, 0.2) is 84.9 Å². The summed E-state index contributed by atoms with van der Waals surface area (Å²) in [5.41, 5.74) is 5.54. The molecule has 13 heteroatoms. The molecule has 0 aliphatic carbocycles. The first-order valence-corrected chi connectivity index (χ1v) is 16.3. The molecule has 0 fully saturated rings. The lowest BCUT2D eigenvalue weighted by Crippen LogP contribution is -2.29. The summed E-state index contributed by atoms with van der Waals surface area (Å²) in [6.07, 6.45) is -4.55. The highest BCUT2D eigenvalue weighted by Crippen LogP contribution is 2.31. The van der Waals surface area contributed by atoms with Crippen LogP contribution in [-0.2, 0) is 17.9 Å². The number of halogens is 5. The van der Waals surface area contributed by atoms with E-state index in [2.05, 4.69) is 10.1 Å². The summed E-state index contributed by atoms with van der Waals surface area (Å²) in [6.45, 7) is 2.85. The first-order valence-electron chi connectivity index (χ1n) is 15.5. The van der Waals surface area contributed by atoms with E-state index in [0.29, 0.717) is 47.6 Å². The second-order valence-corrected chi connectivity index (χ2v) is 12.3. The lowest BCUT2D eigenvalue weighted by molar-refractivity contribution is -0.274. The fourth-order valence-electron chi connectivity index (χ4n) is 5.64.